The largest absolute Gasteiger partial charge is 0.496 e. The first-order chi connectivity index (χ1) is 13.9. The molecule has 0 unspecified atom stereocenters. The molecule has 1 fully saturated rings. The summed E-state index contributed by atoms with van der Waals surface area (Å²) >= 11 is 1.47. The van der Waals surface area contributed by atoms with Gasteiger partial charge < -0.3 is 20.1 Å². The molecule has 1 aromatic carbocycles. The molecule has 1 spiro atoms. The van der Waals surface area contributed by atoms with E-state index < -0.39 is 0 Å². The fourth-order valence-corrected chi connectivity index (χ4v) is 5.32. The first kappa shape index (κ1) is 20.3. The second kappa shape index (κ2) is 8.05. The summed E-state index contributed by atoms with van der Waals surface area (Å²) in [4.78, 5) is 19.4. The molecule has 29 heavy (non-hydrogen) atoms. The highest BCUT2D eigenvalue weighted by Crippen LogP contribution is 2.45. The zero-order valence-corrected chi connectivity index (χ0v) is 18.1. The van der Waals surface area contributed by atoms with Crippen molar-refractivity contribution in [2.24, 2.45) is 11.7 Å². The first-order valence-corrected chi connectivity index (χ1v) is 11.1. The quantitative estimate of drug-likeness (QED) is 0.827. The average molecular weight is 416 g/mol. The number of hydrogen-bond acceptors (Lipinski definition) is 6. The van der Waals surface area contributed by atoms with Crippen molar-refractivity contribution in [2.75, 3.05) is 26.8 Å². The van der Waals surface area contributed by atoms with E-state index in [2.05, 4.69) is 24.9 Å². The molecule has 0 bridgehead atoms. The van der Waals surface area contributed by atoms with Gasteiger partial charge in [0.05, 0.1) is 19.8 Å². The van der Waals surface area contributed by atoms with Crippen molar-refractivity contribution in [2.45, 2.75) is 44.8 Å². The summed E-state index contributed by atoms with van der Waals surface area (Å²) in [6, 6.07) is 6.07. The lowest BCUT2D eigenvalue weighted by Crippen LogP contribution is -2.48. The molecule has 2 aliphatic heterocycles. The normalized spacial score (nSPS) is 19.3. The van der Waals surface area contributed by atoms with Gasteiger partial charge in [0.1, 0.15) is 22.1 Å². The van der Waals surface area contributed by atoms with Gasteiger partial charge in [0, 0.05) is 24.0 Å². The Morgan fingerprint density at radius 3 is 2.79 bits per heavy atom. The lowest BCUT2D eigenvalue weighted by molar-refractivity contribution is -0.0947. The Morgan fingerprint density at radius 2 is 2.10 bits per heavy atom. The van der Waals surface area contributed by atoms with E-state index in [1.807, 2.05) is 22.4 Å². The molecular weight excluding hydrogens is 386 g/mol. The highest BCUT2D eigenvalue weighted by molar-refractivity contribution is 7.09. The van der Waals surface area contributed by atoms with Crippen molar-refractivity contribution in [3.05, 3.63) is 45.4 Å². The van der Waals surface area contributed by atoms with Crippen molar-refractivity contribution in [1.29, 1.82) is 0 Å². The number of likely N-dealkylation sites (tertiary alicyclic amines) is 1. The van der Waals surface area contributed by atoms with Gasteiger partial charge in [0.25, 0.3) is 5.91 Å². The SMILES string of the molecule is COc1cccc2c1C1(CCN(C(=O)c3csc([C@@H](N)C(C)C)n3)CC1)OCC2. The number of methoxy groups -OCH3 is 1. The fourth-order valence-electron chi connectivity index (χ4n) is 4.35. The molecular formula is C22H29N3O3S. The van der Waals surface area contributed by atoms with Crippen LogP contribution in [0.1, 0.15) is 59.4 Å². The van der Waals surface area contributed by atoms with Gasteiger partial charge in [-0.15, -0.1) is 11.3 Å². The third-order valence-corrected chi connectivity index (χ3v) is 7.09. The van der Waals surface area contributed by atoms with Crippen LogP contribution in [0.25, 0.3) is 0 Å². The maximum absolute atomic E-state index is 13.0. The third kappa shape index (κ3) is 3.67. The van der Waals surface area contributed by atoms with Crippen LogP contribution in [0.15, 0.2) is 23.6 Å². The Kier molecular flexibility index (Phi) is 5.64. The van der Waals surface area contributed by atoms with Crippen molar-refractivity contribution in [3.8, 4) is 5.75 Å². The Bertz CT molecular complexity index is 873. The number of amides is 1. The molecule has 0 saturated carbocycles. The predicted octanol–water partition coefficient (Wildman–Crippen LogP) is 3.51. The number of aromatic nitrogens is 1. The first-order valence-electron chi connectivity index (χ1n) is 10.3. The van der Waals surface area contributed by atoms with E-state index in [1.54, 1.807) is 7.11 Å². The smallest absolute Gasteiger partial charge is 0.273 e. The second-order valence-corrected chi connectivity index (χ2v) is 9.11. The number of rotatable bonds is 4. The van der Waals surface area contributed by atoms with E-state index in [9.17, 15) is 4.79 Å². The van der Waals surface area contributed by atoms with Crippen LogP contribution < -0.4 is 10.5 Å². The second-order valence-electron chi connectivity index (χ2n) is 8.22. The van der Waals surface area contributed by atoms with E-state index in [0.717, 1.165) is 30.0 Å². The monoisotopic (exact) mass is 415 g/mol. The lowest BCUT2D eigenvalue weighted by Gasteiger charge is -2.45. The van der Waals surface area contributed by atoms with Crippen molar-refractivity contribution >= 4 is 17.2 Å². The van der Waals surface area contributed by atoms with Gasteiger partial charge in [-0.25, -0.2) is 4.98 Å². The molecule has 0 aliphatic carbocycles. The molecule has 3 heterocycles. The number of ether oxygens (including phenoxy) is 2. The molecule has 1 saturated heterocycles. The molecule has 2 N–H and O–H groups in total. The number of piperidine rings is 1. The van der Waals surface area contributed by atoms with E-state index in [4.69, 9.17) is 15.2 Å². The topological polar surface area (TPSA) is 77.7 Å². The summed E-state index contributed by atoms with van der Waals surface area (Å²) in [6.45, 7) is 6.11. The number of thiazole rings is 1. The Labute approximate surface area is 176 Å². The number of carbonyl (C=O) groups is 1. The van der Waals surface area contributed by atoms with Gasteiger partial charge in [0.2, 0.25) is 0 Å². The van der Waals surface area contributed by atoms with E-state index in [0.29, 0.717) is 25.4 Å². The minimum atomic E-state index is -0.371. The van der Waals surface area contributed by atoms with Gasteiger partial charge in [-0.3, -0.25) is 4.79 Å². The number of hydrogen-bond donors (Lipinski definition) is 1. The maximum Gasteiger partial charge on any atom is 0.273 e. The van der Waals surface area contributed by atoms with Gasteiger partial charge >= 0.3 is 0 Å². The standard InChI is InChI=1S/C22H29N3O3S/c1-14(2)19(23)20-24-16(13-29-20)21(26)25-10-8-22(9-11-25)18-15(7-12-28-22)5-4-6-17(18)27-3/h4-6,13-14,19H,7-12,23H2,1-3H3/t19-/m0/s1. The maximum atomic E-state index is 13.0. The molecule has 2 aliphatic rings. The number of benzene rings is 1. The van der Waals surface area contributed by atoms with Crippen molar-refractivity contribution in [1.82, 2.24) is 9.88 Å². The van der Waals surface area contributed by atoms with Crippen LogP contribution in [0.2, 0.25) is 0 Å². The minimum Gasteiger partial charge on any atom is -0.496 e. The molecule has 2 aromatic rings. The Balaban J connectivity index is 1.50. The van der Waals surface area contributed by atoms with E-state index in [-0.39, 0.29) is 23.5 Å². The average Bonchev–Trinajstić information content (AvgIpc) is 3.23. The summed E-state index contributed by atoms with van der Waals surface area (Å²) < 4.78 is 12.0. The van der Waals surface area contributed by atoms with Gasteiger partial charge in [-0.2, -0.15) is 0 Å². The molecule has 1 amide bonds. The zero-order valence-electron chi connectivity index (χ0n) is 17.3. The highest BCUT2D eigenvalue weighted by Gasteiger charge is 2.44. The van der Waals surface area contributed by atoms with Crippen LogP contribution in [0.4, 0.5) is 0 Å². The Morgan fingerprint density at radius 1 is 1.34 bits per heavy atom. The van der Waals surface area contributed by atoms with Crippen LogP contribution >= 0.6 is 11.3 Å². The summed E-state index contributed by atoms with van der Waals surface area (Å²) in [6.07, 6.45) is 2.41. The minimum absolute atomic E-state index is 0.0191. The van der Waals surface area contributed by atoms with Crippen molar-refractivity contribution < 1.29 is 14.3 Å². The molecule has 7 heteroatoms. The number of fused-ring (bicyclic) bond motifs is 2. The number of nitrogens with two attached hydrogens (primary N) is 1. The predicted molar refractivity (Wildman–Crippen MR) is 113 cm³/mol. The molecule has 1 aromatic heterocycles. The fraction of sp³-hybridized carbons (Fsp3) is 0.545. The van der Waals surface area contributed by atoms with Crippen LogP contribution in [-0.4, -0.2) is 42.6 Å². The molecule has 4 rings (SSSR count). The van der Waals surface area contributed by atoms with E-state index >= 15 is 0 Å². The number of nitrogens with zero attached hydrogens (tertiary/aromatic N) is 2. The summed E-state index contributed by atoms with van der Waals surface area (Å²) in [5.41, 5.74) is 8.78. The summed E-state index contributed by atoms with van der Waals surface area (Å²) in [5.74, 6) is 1.15. The number of carbonyl (C=O) groups excluding carboxylic acids is 1. The van der Waals surface area contributed by atoms with Crippen LogP contribution in [-0.2, 0) is 16.8 Å². The molecule has 6 nitrogen and oxygen atoms in total. The van der Waals surface area contributed by atoms with E-state index in [1.165, 1.54) is 22.5 Å². The molecule has 0 radical (unpaired) electrons. The van der Waals surface area contributed by atoms with Crippen LogP contribution in [0.3, 0.4) is 0 Å². The van der Waals surface area contributed by atoms with Gasteiger partial charge in [-0.1, -0.05) is 26.0 Å². The van der Waals surface area contributed by atoms with Crippen molar-refractivity contribution in [3.63, 3.8) is 0 Å². The van der Waals surface area contributed by atoms with Crippen LogP contribution in [0.5, 0.6) is 5.75 Å². The Hall–Kier alpha value is -1.96. The third-order valence-electron chi connectivity index (χ3n) is 6.14. The zero-order chi connectivity index (χ0) is 20.6. The molecule has 156 valence electrons. The van der Waals surface area contributed by atoms with Gasteiger partial charge in [-0.05, 0) is 36.8 Å². The summed E-state index contributed by atoms with van der Waals surface area (Å²) in [7, 11) is 1.71. The van der Waals surface area contributed by atoms with Gasteiger partial charge in [0.15, 0.2) is 0 Å². The van der Waals surface area contributed by atoms with Crippen LogP contribution in [0, 0.1) is 5.92 Å². The lowest BCUT2D eigenvalue weighted by atomic mass is 9.78. The summed E-state index contributed by atoms with van der Waals surface area (Å²) in [5, 5.41) is 2.66. The highest BCUT2D eigenvalue weighted by atomic mass is 32.1. The molecule has 1 atom stereocenters.